The summed E-state index contributed by atoms with van der Waals surface area (Å²) in [7, 11) is 0. The number of fused-ring (bicyclic) bond motifs is 4. The van der Waals surface area contributed by atoms with Crippen molar-refractivity contribution < 1.29 is 92.3 Å². The standard InChI is InChI=1S/C27H29N5O5.C25H18F3N7O2.C24H15ClF3N7O2.C23H15F3N6O2S/c1-26(2,3)37-25(34)30-21-16-32-22(29-21)12-13-23(31-32)36-20-11-7-10-19(15-20)28-24(33)17-8-6-9-18(14-17)27(4,5)35;1-15-29-11-10-20(30-15)32-21-14-35-22(33-21)8-9-23(34-35)37-19-7-3-6-18(13-19)31-24(36)16-4-2-5-17(12-16)25(26,27)28;25-23-29-10-9-18(33-23)31-19-13-35-20(32-19)7-8-21(34-35)37-17-6-2-5-16(12-17)30-22(36)14-3-1-4-15(11-14)24(26,27)28;24-23(25,26)15-4-1-3-14(11-15)21(33)28-16-5-2-6-17(12-16)34-20-8-7-19-29-18(13-32(19)31-20)30-22-27-9-10-35-22/h6-16,35H,1-5H3,(H,28,33)(H,30,34);2-14H,1H3,(H,31,36)(H,29,30,32);1-13H,(H,30,36)(H,29,31,33);1-13H,(H,27,30)(H,28,33). The Bertz CT molecular complexity index is 7780. The van der Waals surface area contributed by atoms with Gasteiger partial charge in [0, 0.05) is 118 Å². The number of aromatic nitrogens is 17. The molecule has 146 heavy (non-hydrogen) atoms. The van der Waals surface area contributed by atoms with Crippen molar-refractivity contribution in [1.82, 2.24) is 83.3 Å². The molecule has 0 aliphatic rings. The number of nitrogens with zero attached hydrogens (tertiary/aromatic N) is 17. The van der Waals surface area contributed by atoms with Crippen LogP contribution in [0, 0.1) is 6.92 Å². The van der Waals surface area contributed by atoms with E-state index in [9.17, 15) is 68.6 Å². The van der Waals surface area contributed by atoms with Crippen LogP contribution in [0.3, 0.4) is 0 Å². The predicted molar refractivity (Wildman–Crippen MR) is 521 cm³/mol. The Labute approximate surface area is 828 Å². The van der Waals surface area contributed by atoms with Gasteiger partial charge in [-0.05, 0) is 210 Å². The first kappa shape index (κ1) is 100. The quantitative estimate of drug-likeness (QED) is 0.0200. The van der Waals surface area contributed by atoms with Gasteiger partial charge in [0.1, 0.15) is 46.1 Å². The van der Waals surface area contributed by atoms with E-state index >= 15 is 0 Å². The van der Waals surface area contributed by atoms with Crippen LogP contribution in [0.1, 0.15) is 104 Å². The first-order valence-electron chi connectivity index (χ1n) is 43.3. The lowest BCUT2D eigenvalue weighted by Crippen LogP contribution is -2.27. The smallest absolute Gasteiger partial charge is 0.416 e. The molecule has 0 unspecified atom stereocenters. The molecular weight excluding hydrogens is 1950 g/mol. The average Bonchev–Trinajstić information content (AvgIpc) is 1.67. The van der Waals surface area contributed by atoms with Crippen molar-refractivity contribution in [3.63, 3.8) is 0 Å². The van der Waals surface area contributed by atoms with E-state index in [0.29, 0.717) is 120 Å². The molecule has 5 amide bonds. The van der Waals surface area contributed by atoms with Crippen molar-refractivity contribution in [2.45, 2.75) is 71.3 Å². The topological polar surface area (TPSA) is 433 Å². The molecule has 0 radical (unpaired) electrons. The second-order valence-corrected chi connectivity index (χ2v) is 33.9. The van der Waals surface area contributed by atoms with Crippen molar-refractivity contribution in [1.29, 1.82) is 0 Å². The molecule has 36 nitrogen and oxygen atoms in total. The number of carbonyl (C=O) groups is 5. The van der Waals surface area contributed by atoms with E-state index in [2.05, 4.69) is 108 Å². The Morgan fingerprint density at radius 1 is 0.342 bits per heavy atom. The number of ether oxygens (including phenoxy) is 5. The third-order valence-electron chi connectivity index (χ3n) is 19.8. The third kappa shape index (κ3) is 27.6. The van der Waals surface area contributed by atoms with E-state index in [1.807, 2.05) is 5.38 Å². The average molecular weight is 2030 g/mol. The van der Waals surface area contributed by atoms with Gasteiger partial charge in [0.15, 0.2) is 51.0 Å². The Hall–Kier alpha value is -18.6. The van der Waals surface area contributed by atoms with E-state index in [4.69, 9.17) is 35.3 Å². The summed E-state index contributed by atoms with van der Waals surface area (Å²) < 4.78 is 151. The molecule has 0 spiro atoms. The van der Waals surface area contributed by atoms with Gasteiger partial charge in [-0.15, -0.1) is 31.7 Å². The number of carbonyl (C=O) groups excluding carboxylic acids is 5. The van der Waals surface area contributed by atoms with E-state index in [-0.39, 0.29) is 57.2 Å². The molecular formula is C99H77ClF9N25O11S. The summed E-state index contributed by atoms with van der Waals surface area (Å²) in [4.78, 5) is 100. The van der Waals surface area contributed by atoms with Gasteiger partial charge >= 0.3 is 24.6 Å². The lowest BCUT2D eigenvalue weighted by atomic mass is 9.96. The number of anilines is 11. The van der Waals surface area contributed by atoms with Gasteiger partial charge in [-0.25, -0.2) is 67.7 Å². The number of nitrogens with one attached hydrogen (secondary N) is 8. The molecule has 0 saturated heterocycles. The summed E-state index contributed by atoms with van der Waals surface area (Å²) in [5.41, 5.74) is 0.104. The zero-order valence-corrected chi connectivity index (χ0v) is 78.3. The number of rotatable bonds is 24. The fraction of sp³-hybridized carbons (Fsp3) is 0.111. The number of hydrogen-bond donors (Lipinski definition) is 9. The summed E-state index contributed by atoms with van der Waals surface area (Å²) in [6, 6.07) is 62.3. The normalized spacial score (nSPS) is 11.5. The molecule has 0 aliphatic carbocycles. The summed E-state index contributed by atoms with van der Waals surface area (Å²) in [6.07, 6.45) is -2.87. The maximum atomic E-state index is 13.0. The molecule has 19 aromatic rings. The van der Waals surface area contributed by atoms with Crippen LogP contribution in [-0.4, -0.2) is 124 Å². The van der Waals surface area contributed by atoms with Gasteiger partial charge in [0.2, 0.25) is 28.8 Å². The van der Waals surface area contributed by atoms with Crippen molar-refractivity contribution in [3.05, 3.63) is 359 Å². The van der Waals surface area contributed by atoms with Crippen LogP contribution >= 0.6 is 22.9 Å². The molecule has 11 heterocycles. The number of alkyl halides is 9. The summed E-state index contributed by atoms with van der Waals surface area (Å²) in [6.45, 7) is 10.4. The van der Waals surface area contributed by atoms with Crippen LogP contribution in [-0.2, 0) is 28.9 Å². The van der Waals surface area contributed by atoms with Crippen LogP contribution in [0.4, 0.5) is 107 Å². The highest BCUT2D eigenvalue weighted by Gasteiger charge is 2.34. The van der Waals surface area contributed by atoms with Gasteiger partial charge in [0.05, 0.1) is 47.1 Å². The zero-order valence-electron chi connectivity index (χ0n) is 76.7. The SMILES string of the molecule is CC(C)(C)OC(=O)Nc1cn2nc(Oc3cccc(NC(=O)c4cccc(C(C)(C)O)c4)c3)ccc2n1.Cc1nccc(Nc2cn3nc(Oc4cccc(NC(=O)c5cccc(C(F)(F)F)c5)c4)ccc3n2)n1.O=C(Nc1cccc(Oc2ccc3nc(Nc4ccnc(Cl)n4)cn3n2)c1)c1cccc(C(F)(F)F)c1.O=C(Nc1cccc(Oc2ccc3nc(Nc4nccs4)cn3n2)c1)c1cccc(C(F)(F)F)c1. The van der Waals surface area contributed by atoms with Crippen LogP contribution in [0.25, 0.3) is 22.6 Å². The highest BCUT2D eigenvalue weighted by molar-refractivity contribution is 7.13. The minimum Gasteiger partial charge on any atom is -0.444 e. The maximum absolute atomic E-state index is 13.0. The highest BCUT2D eigenvalue weighted by atomic mass is 35.5. The number of amides is 5. The third-order valence-corrected chi connectivity index (χ3v) is 20.7. The van der Waals surface area contributed by atoms with E-state index in [0.717, 1.165) is 36.4 Å². The Balaban J connectivity index is 0.000000139. The van der Waals surface area contributed by atoms with Crippen molar-refractivity contribution in [2.75, 3.05) is 42.5 Å². The molecule has 0 aliphatic heterocycles. The van der Waals surface area contributed by atoms with Crippen LogP contribution < -0.4 is 61.5 Å². The number of benzene rings is 8. The van der Waals surface area contributed by atoms with Gasteiger partial charge in [0.25, 0.3) is 23.6 Å². The largest absolute Gasteiger partial charge is 0.444 e. The van der Waals surface area contributed by atoms with Gasteiger partial charge in [-0.3, -0.25) is 24.5 Å². The first-order valence-corrected chi connectivity index (χ1v) is 44.6. The molecule has 0 bridgehead atoms. The molecule has 47 heteroatoms. The lowest BCUT2D eigenvalue weighted by Gasteiger charge is -2.18. The van der Waals surface area contributed by atoms with Crippen LogP contribution in [0.2, 0.25) is 5.28 Å². The summed E-state index contributed by atoms with van der Waals surface area (Å²) >= 11 is 7.24. The van der Waals surface area contributed by atoms with Gasteiger partial charge < -0.3 is 66.0 Å². The minimum absolute atomic E-state index is 0.0934. The molecule has 0 fully saturated rings. The van der Waals surface area contributed by atoms with Gasteiger partial charge in [-0.2, -0.15) is 39.5 Å². The second kappa shape index (κ2) is 43.2. The second-order valence-electron chi connectivity index (χ2n) is 32.7. The summed E-state index contributed by atoms with van der Waals surface area (Å²) in [5.74, 6) is 3.79. The fourth-order valence-electron chi connectivity index (χ4n) is 13.3. The number of hydrogen-bond acceptors (Lipinski definition) is 28. The van der Waals surface area contributed by atoms with Crippen LogP contribution in [0.15, 0.2) is 304 Å². The Morgan fingerprint density at radius 2 is 0.664 bits per heavy atom. The number of aryl methyl sites for hydroxylation is 1. The maximum Gasteiger partial charge on any atom is 0.416 e. The minimum atomic E-state index is -4.55. The number of aliphatic hydroxyl groups is 1. The van der Waals surface area contributed by atoms with E-state index < -0.39 is 70.2 Å². The number of thiazole rings is 1. The highest BCUT2D eigenvalue weighted by Crippen LogP contribution is 2.37. The number of halogens is 10. The molecule has 740 valence electrons. The van der Waals surface area contributed by atoms with Crippen LogP contribution in [0.5, 0.6) is 46.5 Å². The lowest BCUT2D eigenvalue weighted by molar-refractivity contribution is -0.138. The Morgan fingerprint density at radius 3 is 0.993 bits per heavy atom. The summed E-state index contributed by atoms with van der Waals surface area (Å²) in [5, 5.41) is 52.7. The molecule has 19 rings (SSSR count). The van der Waals surface area contributed by atoms with Crippen molar-refractivity contribution >= 4 is 138 Å². The predicted octanol–water partition coefficient (Wildman–Crippen LogP) is 23.0. The molecule has 9 N–H and O–H groups in total. The molecule has 0 saturated carbocycles. The first-order chi connectivity index (χ1) is 69.6. The van der Waals surface area contributed by atoms with Crippen molar-refractivity contribution in [2.24, 2.45) is 0 Å². The monoisotopic (exact) mass is 2030 g/mol. The van der Waals surface area contributed by atoms with Gasteiger partial charge in [-0.1, -0.05) is 54.6 Å². The molecule has 0 atom stereocenters. The fourth-order valence-corrected chi connectivity index (χ4v) is 14.0. The molecule has 11 aromatic heterocycles. The number of imidazole rings is 4. The molecule has 8 aromatic carbocycles. The van der Waals surface area contributed by atoms with Crippen molar-refractivity contribution in [3.8, 4) is 46.5 Å². The Kier molecular flexibility index (Phi) is 29.7. The van der Waals surface area contributed by atoms with E-state index in [1.54, 1.807) is 253 Å². The van der Waals surface area contributed by atoms with E-state index in [1.165, 1.54) is 79.6 Å². The zero-order chi connectivity index (χ0) is 103.